The van der Waals surface area contributed by atoms with Crippen molar-refractivity contribution in [1.29, 1.82) is 0 Å². The zero-order valence-electron chi connectivity index (χ0n) is 11.3. The molecule has 1 aliphatic heterocycles. The fraction of sp³-hybridized carbons (Fsp3) is 0.533. The fourth-order valence-corrected chi connectivity index (χ4v) is 2.53. The van der Waals surface area contributed by atoms with Crippen LogP contribution in [0.5, 0.6) is 0 Å². The van der Waals surface area contributed by atoms with Gasteiger partial charge in [0.15, 0.2) is 0 Å². The highest BCUT2D eigenvalue weighted by Crippen LogP contribution is 2.45. The lowest BCUT2D eigenvalue weighted by molar-refractivity contribution is 0.0522. The topological polar surface area (TPSA) is 41.6 Å². The van der Waals surface area contributed by atoms with Crippen molar-refractivity contribution < 1.29 is 9.53 Å². The Kier molecular flexibility index (Phi) is 3.19. The number of carbonyl (C=O) groups excluding carboxylic acids is 1. The van der Waals surface area contributed by atoms with Crippen LogP contribution < -0.4 is 5.32 Å². The van der Waals surface area contributed by atoms with Crippen LogP contribution in [0, 0.1) is 6.92 Å². The predicted octanol–water partition coefficient (Wildman–Crippen LogP) is 2.03. The Morgan fingerprint density at radius 1 is 1.21 bits per heavy atom. The molecule has 2 amide bonds. The van der Waals surface area contributed by atoms with E-state index in [1.54, 1.807) is 0 Å². The molecule has 0 spiro atoms. The number of amides is 2. The first kappa shape index (κ1) is 12.5. The quantitative estimate of drug-likeness (QED) is 0.884. The van der Waals surface area contributed by atoms with Gasteiger partial charge in [-0.15, -0.1) is 0 Å². The molecule has 1 aromatic carbocycles. The molecule has 1 saturated carbocycles. The molecule has 0 bridgehead atoms. The second-order valence-corrected chi connectivity index (χ2v) is 5.48. The van der Waals surface area contributed by atoms with E-state index in [1.807, 2.05) is 4.90 Å². The first-order chi connectivity index (χ1) is 9.20. The molecule has 0 atom stereocenters. The number of nitrogens with zero attached hydrogens (tertiary/aromatic N) is 1. The highest BCUT2D eigenvalue weighted by molar-refractivity contribution is 5.76. The maximum absolute atomic E-state index is 12.3. The van der Waals surface area contributed by atoms with Crippen molar-refractivity contribution in [1.82, 2.24) is 10.2 Å². The number of rotatable bonds is 2. The number of carbonyl (C=O) groups is 1. The van der Waals surface area contributed by atoms with Gasteiger partial charge in [-0.1, -0.05) is 29.8 Å². The van der Waals surface area contributed by atoms with E-state index in [4.69, 9.17) is 4.74 Å². The number of morpholine rings is 1. The Bertz CT molecular complexity index is 460. The Labute approximate surface area is 113 Å². The minimum atomic E-state index is -0.122. The van der Waals surface area contributed by atoms with Gasteiger partial charge in [0.1, 0.15) is 0 Å². The highest BCUT2D eigenvalue weighted by atomic mass is 16.5. The Morgan fingerprint density at radius 3 is 2.42 bits per heavy atom. The smallest absolute Gasteiger partial charge is 0.318 e. The molecule has 102 valence electrons. The summed E-state index contributed by atoms with van der Waals surface area (Å²) in [5.41, 5.74) is 2.35. The van der Waals surface area contributed by atoms with Crippen LogP contribution in [0.4, 0.5) is 4.79 Å². The largest absolute Gasteiger partial charge is 0.378 e. The van der Waals surface area contributed by atoms with Crippen molar-refractivity contribution in [3.05, 3.63) is 35.4 Å². The maximum atomic E-state index is 12.3. The van der Waals surface area contributed by atoms with Gasteiger partial charge in [-0.25, -0.2) is 4.79 Å². The summed E-state index contributed by atoms with van der Waals surface area (Å²) in [7, 11) is 0. The van der Waals surface area contributed by atoms with Gasteiger partial charge >= 0.3 is 6.03 Å². The summed E-state index contributed by atoms with van der Waals surface area (Å²) in [6.07, 6.45) is 2.07. The van der Waals surface area contributed by atoms with Crippen molar-refractivity contribution in [2.45, 2.75) is 25.3 Å². The summed E-state index contributed by atoms with van der Waals surface area (Å²) in [5.74, 6) is 0. The summed E-state index contributed by atoms with van der Waals surface area (Å²) in [5, 5.41) is 3.20. The molecule has 1 aromatic rings. The minimum Gasteiger partial charge on any atom is -0.378 e. The third-order valence-corrected chi connectivity index (χ3v) is 4.00. The number of urea groups is 1. The number of aryl methyl sites for hydroxylation is 1. The molecule has 2 aliphatic rings. The SMILES string of the molecule is Cc1ccc(C2(NC(=O)N3CCOCC3)CC2)cc1. The lowest BCUT2D eigenvalue weighted by Crippen LogP contribution is -2.49. The molecule has 19 heavy (non-hydrogen) atoms. The molecule has 1 heterocycles. The van der Waals surface area contributed by atoms with Gasteiger partial charge in [0.05, 0.1) is 18.8 Å². The minimum absolute atomic E-state index is 0.0429. The van der Waals surface area contributed by atoms with E-state index in [0.717, 1.165) is 12.8 Å². The second kappa shape index (κ2) is 4.85. The van der Waals surface area contributed by atoms with Crippen LogP contribution in [-0.4, -0.2) is 37.2 Å². The molecule has 0 radical (unpaired) electrons. The van der Waals surface area contributed by atoms with E-state index in [2.05, 4.69) is 36.5 Å². The summed E-state index contributed by atoms with van der Waals surface area (Å²) in [6, 6.07) is 8.51. The second-order valence-electron chi connectivity index (χ2n) is 5.48. The first-order valence-corrected chi connectivity index (χ1v) is 6.92. The standard InChI is InChI=1S/C15H20N2O2/c1-12-2-4-13(5-3-12)15(6-7-15)16-14(18)17-8-10-19-11-9-17/h2-5H,6-11H2,1H3,(H,16,18). The van der Waals surface area contributed by atoms with Gasteiger partial charge in [0, 0.05) is 13.1 Å². The molecule has 1 N–H and O–H groups in total. The van der Waals surface area contributed by atoms with E-state index < -0.39 is 0 Å². The molecule has 0 unspecified atom stereocenters. The predicted molar refractivity (Wildman–Crippen MR) is 73.0 cm³/mol. The van der Waals surface area contributed by atoms with E-state index >= 15 is 0 Å². The van der Waals surface area contributed by atoms with Gasteiger partial charge < -0.3 is 15.0 Å². The molecule has 3 rings (SSSR count). The zero-order chi connectivity index (χ0) is 13.3. The lowest BCUT2D eigenvalue weighted by Gasteiger charge is -2.29. The molecule has 4 nitrogen and oxygen atoms in total. The zero-order valence-corrected chi connectivity index (χ0v) is 11.3. The average molecular weight is 260 g/mol. The molecule has 4 heteroatoms. The van der Waals surface area contributed by atoms with Crippen LogP contribution in [0.2, 0.25) is 0 Å². The van der Waals surface area contributed by atoms with Gasteiger partial charge in [-0.3, -0.25) is 0 Å². The van der Waals surface area contributed by atoms with Crippen LogP contribution in [0.3, 0.4) is 0 Å². The van der Waals surface area contributed by atoms with Crippen molar-refractivity contribution in [2.75, 3.05) is 26.3 Å². The highest BCUT2D eigenvalue weighted by Gasteiger charge is 2.46. The van der Waals surface area contributed by atoms with Crippen molar-refractivity contribution >= 4 is 6.03 Å². The number of ether oxygens (including phenoxy) is 1. The van der Waals surface area contributed by atoms with Crippen LogP contribution in [-0.2, 0) is 10.3 Å². The Balaban J connectivity index is 1.68. The Morgan fingerprint density at radius 2 is 1.84 bits per heavy atom. The first-order valence-electron chi connectivity index (χ1n) is 6.92. The van der Waals surface area contributed by atoms with Gasteiger partial charge in [0.25, 0.3) is 0 Å². The number of benzene rings is 1. The normalized spacial score (nSPS) is 21.0. The van der Waals surface area contributed by atoms with Crippen LogP contribution >= 0.6 is 0 Å². The van der Waals surface area contributed by atoms with Crippen molar-refractivity contribution in [3.63, 3.8) is 0 Å². The van der Waals surface area contributed by atoms with Crippen molar-refractivity contribution in [2.24, 2.45) is 0 Å². The Hall–Kier alpha value is -1.55. The van der Waals surface area contributed by atoms with E-state index in [-0.39, 0.29) is 11.6 Å². The van der Waals surface area contributed by atoms with Crippen LogP contribution in [0.1, 0.15) is 24.0 Å². The van der Waals surface area contributed by atoms with Crippen molar-refractivity contribution in [3.8, 4) is 0 Å². The lowest BCUT2D eigenvalue weighted by atomic mass is 10.0. The average Bonchev–Trinajstić information content (AvgIpc) is 3.21. The molecule has 2 fully saturated rings. The summed E-state index contributed by atoms with van der Waals surface area (Å²) < 4.78 is 5.27. The molecular weight excluding hydrogens is 240 g/mol. The number of hydrogen-bond acceptors (Lipinski definition) is 2. The third-order valence-electron chi connectivity index (χ3n) is 4.00. The molecule has 1 saturated heterocycles. The summed E-state index contributed by atoms with van der Waals surface area (Å²) in [6.45, 7) is 4.75. The van der Waals surface area contributed by atoms with E-state index in [0.29, 0.717) is 26.3 Å². The number of nitrogens with one attached hydrogen (secondary N) is 1. The van der Waals surface area contributed by atoms with E-state index in [9.17, 15) is 4.79 Å². The molecular formula is C15H20N2O2. The molecule has 0 aromatic heterocycles. The van der Waals surface area contributed by atoms with E-state index in [1.165, 1.54) is 11.1 Å². The summed E-state index contributed by atoms with van der Waals surface area (Å²) in [4.78, 5) is 14.1. The van der Waals surface area contributed by atoms with Gasteiger partial charge in [0.2, 0.25) is 0 Å². The van der Waals surface area contributed by atoms with Gasteiger partial charge in [-0.05, 0) is 25.3 Å². The fourth-order valence-electron chi connectivity index (χ4n) is 2.53. The monoisotopic (exact) mass is 260 g/mol. The summed E-state index contributed by atoms with van der Waals surface area (Å²) >= 11 is 0. The number of hydrogen-bond donors (Lipinski definition) is 1. The molecule has 1 aliphatic carbocycles. The van der Waals surface area contributed by atoms with Gasteiger partial charge in [-0.2, -0.15) is 0 Å². The maximum Gasteiger partial charge on any atom is 0.318 e. The van der Waals surface area contributed by atoms with Crippen LogP contribution in [0.15, 0.2) is 24.3 Å². The third kappa shape index (κ3) is 2.59. The van der Waals surface area contributed by atoms with Crippen LogP contribution in [0.25, 0.3) is 0 Å².